The molecule has 30 heavy (non-hydrogen) atoms. The van der Waals surface area contributed by atoms with E-state index in [-0.39, 0.29) is 12.5 Å². The Hall–Kier alpha value is -3.39. The molecule has 0 saturated carbocycles. The zero-order valence-electron chi connectivity index (χ0n) is 17.1. The predicted molar refractivity (Wildman–Crippen MR) is 111 cm³/mol. The van der Waals surface area contributed by atoms with Gasteiger partial charge in [-0.15, -0.1) is 0 Å². The van der Waals surface area contributed by atoms with Gasteiger partial charge in [0, 0.05) is 17.3 Å². The van der Waals surface area contributed by atoms with Crippen LogP contribution in [0.25, 0.3) is 11.4 Å². The second kappa shape index (κ2) is 8.96. The number of benzene rings is 2. The van der Waals surface area contributed by atoms with E-state index >= 15 is 0 Å². The van der Waals surface area contributed by atoms with Crippen molar-refractivity contribution in [1.29, 1.82) is 0 Å². The first-order valence-electron chi connectivity index (χ1n) is 9.92. The van der Waals surface area contributed by atoms with E-state index in [9.17, 15) is 4.79 Å². The fraction of sp³-hybridized carbons (Fsp3) is 0.318. The summed E-state index contributed by atoms with van der Waals surface area (Å²) in [6.07, 6.45) is 0. The zero-order chi connectivity index (χ0) is 20.9. The average molecular weight is 408 g/mol. The fourth-order valence-corrected chi connectivity index (χ4v) is 3.13. The third-order valence-corrected chi connectivity index (χ3v) is 4.78. The number of rotatable bonds is 7. The molecule has 0 unspecified atom stereocenters. The Morgan fingerprint density at radius 2 is 1.87 bits per heavy atom. The van der Waals surface area contributed by atoms with Crippen LogP contribution >= 0.6 is 0 Å². The molecule has 0 radical (unpaired) electrons. The Kier molecular flexibility index (Phi) is 5.94. The molecule has 8 nitrogen and oxygen atoms in total. The minimum Gasteiger partial charge on any atom is -0.486 e. The number of nitrogens with zero attached hydrogens (tertiary/aromatic N) is 3. The highest BCUT2D eigenvalue weighted by molar-refractivity contribution is 5.92. The van der Waals surface area contributed by atoms with E-state index in [1.54, 1.807) is 18.2 Å². The van der Waals surface area contributed by atoms with Crippen LogP contribution < -0.4 is 14.8 Å². The van der Waals surface area contributed by atoms with Gasteiger partial charge in [-0.2, -0.15) is 4.98 Å². The van der Waals surface area contributed by atoms with E-state index in [0.717, 1.165) is 5.56 Å². The smallest absolute Gasteiger partial charge is 0.241 e. The highest BCUT2D eigenvalue weighted by Gasteiger charge is 2.16. The van der Waals surface area contributed by atoms with Crippen molar-refractivity contribution in [2.45, 2.75) is 20.4 Å². The second-order valence-electron chi connectivity index (χ2n) is 7.09. The molecule has 1 aromatic heterocycles. The van der Waals surface area contributed by atoms with Crippen molar-refractivity contribution in [2.24, 2.45) is 0 Å². The number of hydrogen-bond acceptors (Lipinski definition) is 7. The van der Waals surface area contributed by atoms with E-state index in [1.165, 1.54) is 5.56 Å². The van der Waals surface area contributed by atoms with E-state index in [0.29, 0.717) is 55.2 Å². The van der Waals surface area contributed by atoms with Crippen molar-refractivity contribution in [3.05, 3.63) is 53.9 Å². The lowest BCUT2D eigenvalue weighted by atomic mass is 10.1. The highest BCUT2D eigenvalue weighted by atomic mass is 16.6. The second-order valence-corrected chi connectivity index (χ2v) is 7.09. The summed E-state index contributed by atoms with van der Waals surface area (Å²) in [6, 6.07) is 13.3. The van der Waals surface area contributed by atoms with Crippen LogP contribution in [-0.2, 0) is 11.3 Å². The van der Waals surface area contributed by atoms with Gasteiger partial charge in [0.1, 0.15) is 13.2 Å². The number of fused-ring (bicyclic) bond motifs is 1. The number of amides is 1. The summed E-state index contributed by atoms with van der Waals surface area (Å²) in [4.78, 5) is 18.9. The molecule has 2 heterocycles. The number of nitrogens with one attached hydrogen (secondary N) is 1. The molecular weight excluding hydrogens is 384 g/mol. The molecule has 1 amide bonds. The standard InChI is InChI=1S/C22H24N4O4/c1-3-26(14-21-24-22(25-30-21)16-6-4-15(2)5-7-16)13-20(27)23-17-8-9-18-19(12-17)29-11-10-28-18/h4-9,12H,3,10-11,13-14H2,1-2H3,(H,23,27). The summed E-state index contributed by atoms with van der Waals surface area (Å²) >= 11 is 0. The normalized spacial score (nSPS) is 12.8. The number of carbonyl (C=O) groups excluding carboxylic acids is 1. The number of carbonyl (C=O) groups is 1. The molecule has 0 saturated heterocycles. The van der Waals surface area contributed by atoms with Gasteiger partial charge in [-0.3, -0.25) is 9.69 Å². The molecule has 8 heteroatoms. The van der Waals surface area contributed by atoms with Gasteiger partial charge in [0.15, 0.2) is 11.5 Å². The Morgan fingerprint density at radius 1 is 1.10 bits per heavy atom. The maximum atomic E-state index is 12.5. The lowest BCUT2D eigenvalue weighted by Gasteiger charge is -2.20. The van der Waals surface area contributed by atoms with Crippen LogP contribution in [-0.4, -0.2) is 47.3 Å². The van der Waals surface area contributed by atoms with E-state index in [2.05, 4.69) is 15.5 Å². The molecule has 156 valence electrons. The minimum absolute atomic E-state index is 0.133. The SMILES string of the molecule is CCN(CC(=O)Nc1ccc2c(c1)OCCO2)Cc1nc(-c2ccc(C)cc2)no1. The monoisotopic (exact) mass is 408 g/mol. The lowest BCUT2D eigenvalue weighted by molar-refractivity contribution is -0.117. The van der Waals surface area contributed by atoms with Gasteiger partial charge >= 0.3 is 0 Å². The Balaban J connectivity index is 1.35. The summed E-state index contributed by atoms with van der Waals surface area (Å²) in [7, 11) is 0. The number of ether oxygens (including phenoxy) is 2. The molecule has 4 rings (SSSR count). The quantitative estimate of drug-likeness (QED) is 0.642. The maximum absolute atomic E-state index is 12.5. The van der Waals surface area contributed by atoms with Crippen molar-refractivity contribution < 1.29 is 18.8 Å². The van der Waals surface area contributed by atoms with Crippen molar-refractivity contribution >= 4 is 11.6 Å². The maximum Gasteiger partial charge on any atom is 0.241 e. The van der Waals surface area contributed by atoms with Gasteiger partial charge in [0.05, 0.1) is 13.1 Å². The van der Waals surface area contributed by atoms with Crippen LogP contribution in [0.3, 0.4) is 0 Å². The van der Waals surface area contributed by atoms with Crippen LogP contribution in [0, 0.1) is 6.92 Å². The molecule has 0 spiro atoms. The Bertz CT molecular complexity index is 1020. The number of hydrogen-bond donors (Lipinski definition) is 1. The van der Waals surface area contributed by atoms with Gasteiger partial charge in [-0.25, -0.2) is 0 Å². The van der Waals surface area contributed by atoms with Crippen molar-refractivity contribution in [3.63, 3.8) is 0 Å². The fourth-order valence-electron chi connectivity index (χ4n) is 3.13. The molecule has 1 N–H and O–H groups in total. The molecule has 0 bridgehead atoms. The molecule has 0 fully saturated rings. The largest absolute Gasteiger partial charge is 0.486 e. The van der Waals surface area contributed by atoms with Crippen LogP contribution in [0.1, 0.15) is 18.4 Å². The molecule has 0 aliphatic carbocycles. The number of anilines is 1. The molecule has 3 aromatic rings. The third-order valence-electron chi connectivity index (χ3n) is 4.78. The zero-order valence-corrected chi connectivity index (χ0v) is 17.1. The van der Waals surface area contributed by atoms with Gasteiger partial charge in [-0.05, 0) is 25.6 Å². The van der Waals surface area contributed by atoms with Crippen LogP contribution in [0.15, 0.2) is 47.0 Å². The Morgan fingerprint density at radius 3 is 2.63 bits per heavy atom. The van der Waals surface area contributed by atoms with Gasteiger partial charge in [0.2, 0.25) is 17.6 Å². The van der Waals surface area contributed by atoms with E-state index in [1.807, 2.05) is 43.0 Å². The van der Waals surface area contributed by atoms with E-state index in [4.69, 9.17) is 14.0 Å². The molecule has 0 atom stereocenters. The Labute approximate surface area is 174 Å². The number of aryl methyl sites for hydroxylation is 1. The number of likely N-dealkylation sites (N-methyl/N-ethyl adjacent to an activating group) is 1. The van der Waals surface area contributed by atoms with Crippen molar-refractivity contribution in [2.75, 3.05) is 31.6 Å². The van der Waals surface area contributed by atoms with Gasteiger partial charge in [-0.1, -0.05) is 41.9 Å². The summed E-state index contributed by atoms with van der Waals surface area (Å²) in [5, 5.41) is 6.95. The first-order valence-corrected chi connectivity index (χ1v) is 9.92. The van der Waals surface area contributed by atoms with Crippen molar-refractivity contribution in [3.8, 4) is 22.9 Å². The summed E-state index contributed by atoms with van der Waals surface area (Å²) in [5.74, 6) is 2.21. The molecule has 1 aliphatic rings. The molecule has 2 aromatic carbocycles. The van der Waals surface area contributed by atoms with E-state index < -0.39 is 0 Å². The van der Waals surface area contributed by atoms with Gasteiger partial charge in [0.25, 0.3) is 0 Å². The highest BCUT2D eigenvalue weighted by Crippen LogP contribution is 2.32. The molecular formula is C22H24N4O4. The van der Waals surface area contributed by atoms with Crippen LogP contribution in [0.2, 0.25) is 0 Å². The predicted octanol–water partition coefficient (Wildman–Crippen LogP) is 3.28. The van der Waals surface area contributed by atoms with Crippen LogP contribution in [0.4, 0.5) is 5.69 Å². The molecule has 1 aliphatic heterocycles. The topological polar surface area (TPSA) is 89.7 Å². The lowest BCUT2D eigenvalue weighted by Crippen LogP contribution is -2.32. The summed E-state index contributed by atoms with van der Waals surface area (Å²) in [5.41, 5.74) is 2.73. The summed E-state index contributed by atoms with van der Waals surface area (Å²) < 4.78 is 16.4. The first kappa shape index (κ1) is 19.9. The number of aromatic nitrogens is 2. The first-order chi connectivity index (χ1) is 14.6. The third kappa shape index (κ3) is 4.77. The average Bonchev–Trinajstić information content (AvgIpc) is 3.22. The van der Waals surface area contributed by atoms with Crippen molar-refractivity contribution in [1.82, 2.24) is 15.0 Å². The van der Waals surface area contributed by atoms with Gasteiger partial charge < -0.3 is 19.3 Å². The minimum atomic E-state index is -0.133. The summed E-state index contributed by atoms with van der Waals surface area (Å²) in [6.45, 7) is 6.30. The van der Waals surface area contributed by atoms with Crippen LogP contribution in [0.5, 0.6) is 11.5 Å².